The van der Waals surface area contributed by atoms with E-state index in [0.717, 1.165) is 31.1 Å². The molecule has 0 saturated carbocycles. The van der Waals surface area contributed by atoms with E-state index in [2.05, 4.69) is 23.7 Å². The minimum Gasteiger partial charge on any atom is -0.478 e. The van der Waals surface area contributed by atoms with E-state index in [1.165, 1.54) is 6.07 Å². The van der Waals surface area contributed by atoms with Crippen molar-refractivity contribution in [2.24, 2.45) is 0 Å². The Hall–Kier alpha value is -1.23. The topological polar surface area (TPSA) is 53.4 Å². The molecule has 0 bridgehead atoms. The van der Waals surface area contributed by atoms with Crippen molar-refractivity contribution in [2.75, 3.05) is 23.7 Å². The van der Waals surface area contributed by atoms with Crippen LogP contribution in [0.5, 0.6) is 0 Å². The highest BCUT2D eigenvalue weighted by Gasteiger charge is 2.24. The third kappa shape index (κ3) is 3.16. The van der Waals surface area contributed by atoms with Gasteiger partial charge in [0, 0.05) is 29.8 Å². The molecular formula is C13H18N2O2S. The molecule has 0 radical (unpaired) electrons. The average Bonchev–Trinajstić information content (AvgIpc) is 2.50. The minimum absolute atomic E-state index is 0.291. The Kier molecular flexibility index (Phi) is 3.80. The molecule has 0 aromatic carbocycles. The normalized spacial score (nSPS) is 19.3. The molecule has 1 aromatic rings. The van der Waals surface area contributed by atoms with Crippen LogP contribution in [0.2, 0.25) is 0 Å². The quantitative estimate of drug-likeness (QED) is 0.891. The number of aromatic carboxylic acids is 1. The van der Waals surface area contributed by atoms with Gasteiger partial charge in [-0.1, -0.05) is 13.8 Å². The molecule has 1 aromatic heterocycles. The summed E-state index contributed by atoms with van der Waals surface area (Å²) in [7, 11) is 0. The number of aromatic nitrogens is 1. The van der Waals surface area contributed by atoms with E-state index in [-0.39, 0.29) is 0 Å². The summed E-state index contributed by atoms with van der Waals surface area (Å²) in [5.41, 5.74) is 0.302. The number of hydrogen-bond donors (Lipinski definition) is 1. The van der Waals surface area contributed by atoms with E-state index in [4.69, 9.17) is 5.11 Å². The Labute approximate surface area is 111 Å². The van der Waals surface area contributed by atoms with Crippen molar-refractivity contribution in [3.8, 4) is 0 Å². The van der Waals surface area contributed by atoms with Crippen LogP contribution < -0.4 is 4.90 Å². The van der Waals surface area contributed by atoms with Crippen molar-refractivity contribution in [3.05, 3.63) is 23.9 Å². The Morgan fingerprint density at radius 2 is 2.28 bits per heavy atom. The zero-order chi connectivity index (χ0) is 13.2. The standard InChI is InChI=1S/C13H18N2O2S/c1-13(2)4-6-15(7-8-18-13)11-9-10(12(16)17)3-5-14-11/h3,5,9H,4,6-8H2,1-2H3,(H,16,17). The van der Waals surface area contributed by atoms with Crippen LogP contribution in [0, 0.1) is 0 Å². The molecule has 0 atom stereocenters. The Morgan fingerprint density at radius 1 is 1.50 bits per heavy atom. The first kappa shape index (κ1) is 13.2. The number of carbonyl (C=O) groups is 1. The van der Waals surface area contributed by atoms with Crippen molar-refractivity contribution in [1.29, 1.82) is 0 Å². The lowest BCUT2D eigenvalue weighted by Gasteiger charge is -2.23. The van der Waals surface area contributed by atoms with Crippen LogP contribution in [-0.2, 0) is 0 Å². The molecule has 1 aliphatic rings. The molecule has 2 rings (SSSR count). The van der Waals surface area contributed by atoms with Crippen LogP contribution in [-0.4, -0.2) is 39.6 Å². The fraction of sp³-hybridized carbons (Fsp3) is 0.538. The highest BCUT2D eigenvalue weighted by Crippen LogP contribution is 2.31. The third-order valence-electron chi connectivity index (χ3n) is 3.15. The summed E-state index contributed by atoms with van der Waals surface area (Å²) in [4.78, 5) is 17.4. The monoisotopic (exact) mass is 266 g/mol. The smallest absolute Gasteiger partial charge is 0.335 e. The van der Waals surface area contributed by atoms with E-state index in [9.17, 15) is 4.79 Å². The largest absolute Gasteiger partial charge is 0.478 e. The zero-order valence-electron chi connectivity index (χ0n) is 10.7. The lowest BCUT2D eigenvalue weighted by atomic mass is 10.1. The Balaban J connectivity index is 2.16. The molecule has 18 heavy (non-hydrogen) atoms. The molecule has 0 amide bonds. The van der Waals surface area contributed by atoms with Crippen LogP contribution in [0.1, 0.15) is 30.6 Å². The SMILES string of the molecule is CC1(C)CCN(c2cc(C(=O)O)ccn2)CCS1. The number of pyridine rings is 1. The summed E-state index contributed by atoms with van der Waals surface area (Å²) in [5, 5.41) is 9.00. The first-order valence-electron chi connectivity index (χ1n) is 6.06. The zero-order valence-corrected chi connectivity index (χ0v) is 11.5. The maximum atomic E-state index is 11.0. The maximum absolute atomic E-state index is 11.0. The fourth-order valence-corrected chi connectivity index (χ4v) is 3.07. The van der Waals surface area contributed by atoms with Crippen LogP contribution in [0.4, 0.5) is 5.82 Å². The van der Waals surface area contributed by atoms with Gasteiger partial charge in [0.1, 0.15) is 5.82 Å². The number of anilines is 1. The first-order chi connectivity index (χ1) is 8.48. The summed E-state index contributed by atoms with van der Waals surface area (Å²) in [6, 6.07) is 3.19. The number of hydrogen-bond acceptors (Lipinski definition) is 4. The average molecular weight is 266 g/mol. The number of rotatable bonds is 2. The van der Waals surface area contributed by atoms with Crippen molar-refractivity contribution in [2.45, 2.75) is 25.0 Å². The van der Waals surface area contributed by atoms with Gasteiger partial charge in [-0.05, 0) is 18.6 Å². The van der Waals surface area contributed by atoms with Gasteiger partial charge < -0.3 is 10.0 Å². The molecule has 1 aliphatic heterocycles. The number of nitrogens with zero attached hydrogens (tertiary/aromatic N) is 2. The van der Waals surface area contributed by atoms with Crippen molar-refractivity contribution < 1.29 is 9.90 Å². The van der Waals surface area contributed by atoms with Crippen LogP contribution in [0.3, 0.4) is 0 Å². The van der Waals surface area contributed by atoms with Gasteiger partial charge >= 0.3 is 5.97 Å². The first-order valence-corrected chi connectivity index (χ1v) is 7.05. The molecule has 1 N–H and O–H groups in total. The van der Waals surface area contributed by atoms with E-state index in [1.807, 2.05) is 11.8 Å². The van der Waals surface area contributed by atoms with Gasteiger partial charge in [0.05, 0.1) is 5.56 Å². The minimum atomic E-state index is -0.900. The third-order valence-corrected chi connectivity index (χ3v) is 4.53. The highest BCUT2D eigenvalue weighted by atomic mass is 32.2. The molecule has 0 unspecified atom stereocenters. The van der Waals surface area contributed by atoms with Crippen molar-refractivity contribution in [3.63, 3.8) is 0 Å². The lowest BCUT2D eigenvalue weighted by molar-refractivity contribution is 0.0697. The summed E-state index contributed by atoms with van der Waals surface area (Å²) in [5.74, 6) is 0.919. The van der Waals surface area contributed by atoms with E-state index < -0.39 is 5.97 Å². The fourth-order valence-electron chi connectivity index (χ4n) is 1.97. The molecule has 0 spiro atoms. The predicted molar refractivity (Wildman–Crippen MR) is 74.6 cm³/mol. The number of thioether (sulfide) groups is 1. The second-order valence-corrected chi connectivity index (χ2v) is 6.86. The van der Waals surface area contributed by atoms with Gasteiger partial charge in [-0.15, -0.1) is 0 Å². The lowest BCUT2D eigenvalue weighted by Crippen LogP contribution is -2.27. The van der Waals surface area contributed by atoms with Gasteiger partial charge in [-0.3, -0.25) is 0 Å². The van der Waals surface area contributed by atoms with E-state index in [1.54, 1.807) is 12.3 Å². The Morgan fingerprint density at radius 3 is 3.00 bits per heavy atom. The number of carboxylic acids is 1. The van der Waals surface area contributed by atoms with Gasteiger partial charge in [-0.2, -0.15) is 11.8 Å². The van der Waals surface area contributed by atoms with E-state index in [0.29, 0.717) is 10.3 Å². The summed E-state index contributed by atoms with van der Waals surface area (Å²) < 4.78 is 0.291. The molecule has 1 saturated heterocycles. The van der Waals surface area contributed by atoms with Gasteiger partial charge in [-0.25, -0.2) is 9.78 Å². The van der Waals surface area contributed by atoms with Crippen molar-refractivity contribution in [1.82, 2.24) is 4.98 Å². The summed E-state index contributed by atoms with van der Waals surface area (Å²) >= 11 is 1.96. The van der Waals surface area contributed by atoms with Gasteiger partial charge in [0.2, 0.25) is 0 Å². The van der Waals surface area contributed by atoms with Gasteiger partial charge in [0.25, 0.3) is 0 Å². The second-order valence-electron chi connectivity index (χ2n) is 5.05. The van der Waals surface area contributed by atoms with Gasteiger partial charge in [0.15, 0.2) is 0 Å². The molecule has 0 aliphatic carbocycles. The molecule has 4 nitrogen and oxygen atoms in total. The molecular weight excluding hydrogens is 248 g/mol. The van der Waals surface area contributed by atoms with Crippen molar-refractivity contribution >= 4 is 23.5 Å². The Bertz CT molecular complexity index is 448. The number of carboxylic acid groups (broad SMARTS) is 1. The second kappa shape index (κ2) is 5.18. The van der Waals surface area contributed by atoms with Crippen LogP contribution in [0.15, 0.2) is 18.3 Å². The molecule has 5 heteroatoms. The summed E-state index contributed by atoms with van der Waals surface area (Å²) in [6.45, 7) is 6.35. The van der Waals surface area contributed by atoms with Crippen LogP contribution >= 0.6 is 11.8 Å². The summed E-state index contributed by atoms with van der Waals surface area (Å²) in [6.07, 6.45) is 2.65. The highest BCUT2D eigenvalue weighted by molar-refractivity contribution is 8.00. The molecule has 1 fully saturated rings. The molecule has 98 valence electrons. The van der Waals surface area contributed by atoms with E-state index >= 15 is 0 Å². The molecule has 2 heterocycles. The van der Waals surface area contributed by atoms with Crippen LogP contribution in [0.25, 0.3) is 0 Å². The predicted octanol–water partition coefficient (Wildman–Crippen LogP) is 2.50. The maximum Gasteiger partial charge on any atom is 0.335 e.